The second kappa shape index (κ2) is 5.34. The molecule has 2 rings (SSSR count). The molecule has 0 fully saturated rings. The van der Waals surface area contributed by atoms with Crippen molar-refractivity contribution in [3.63, 3.8) is 0 Å². The van der Waals surface area contributed by atoms with Crippen molar-refractivity contribution < 1.29 is 0 Å². The van der Waals surface area contributed by atoms with Crippen molar-refractivity contribution in [2.24, 2.45) is 0 Å². The van der Waals surface area contributed by atoms with E-state index < -0.39 is 0 Å². The van der Waals surface area contributed by atoms with Crippen LogP contribution in [0.2, 0.25) is 0 Å². The third-order valence-electron chi connectivity index (χ3n) is 2.78. The Hall–Kier alpha value is -2.03. The Morgan fingerprint density at radius 1 is 1.18 bits per heavy atom. The number of rotatable bonds is 4. The zero-order chi connectivity index (χ0) is 12.1. The van der Waals surface area contributed by atoms with Crippen LogP contribution >= 0.6 is 0 Å². The monoisotopic (exact) mass is 227 g/mol. The number of nitrogens with two attached hydrogens (primary N) is 1. The molecule has 0 bridgehead atoms. The number of nitrogen functional groups attached to an aromatic ring is 1. The Balaban J connectivity index is 1.97. The first-order valence-corrected chi connectivity index (χ1v) is 5.76. The summed E-state index contributed by atoms with van der Waals surface area (Å²) in [6, 6.07) is 14.1. The van der Waals surface area contributed by atoms with Crippen molar-refractivity contribution >= 4 is 11.5 Å². The Labute approximate surface area is 102 Å². The fourth-order valence-electron chi connectivity index (χ4n) is 1.71. The number of aromatic nitrogens is 1. The highest BCUT2D eigenvalue weighted by atomic mass is 15.0. The molecule has 0 aliphatic rings. The van der Waals surface area contributed by atoms with Crippen LogP contribution < -0.4 is 11.1 Å². The highest BCUT2D eigenvalue weighted by Gasteiger charge is 2.05. The van der Waals surface area contributed by atoms with E-state index in [1.807, 2.05) is 18.2 Å². The van der Waals surface area contributed by atoms with Gasteiger partial charge < -0.3 is 11.1 Å². The molecule has 3 heteroatoms. The van der Waals surface area contributed by atoms with Crippen LogP contribution in [0.3, 0.4) is 0 Å². The van der Waals surface area contributed by atoms with Gasteiger partial charge in [-0.1, -0.05) is 37.3 Å². The molecule has 88 valence electrons. The lowest BCUT2D eigenvalue weighted by Gasteiger charge is -2.14. The molecule has 1 unspecified atom stereocenters. The lowest BCUT2D eigenvalue weighted by atomic mass is 10.0. The van der Waals surface area contributed by atoms with Gasteiger partial charge in [0.15, 0.2) is 0 Å². The summed E-state index contributed by atoms with van der Waals surface area (Å²) < 4.78 is 0. The lowest BCUT2D eigenvalue weighted by molar-refractivity contribution is 0.802. The number of nitrogens with zero attached hydrogens (tertiary/aromatic N) is 1. The smallest absolute Gasteiger partial charge is 0.149 e. The van der Waals surface area contributed by atoms with Crippen LogP contribution in [0.5, 0.6) is 0 Å². The Morgan fingerprint density at radius 3 is 2.65 bits per heavy atom. The summed E-state index contributed by atoms with van der Waals surface area (Å²) in [7, 11) is 0. The summed E-state index contributed by atoms with van der Waals surface area (Å²) >= 11 is 0. The van der Waals surface area contributed by atoms with E-state index >= 15 is 0 Å². The van der Waals surface area contributed by atoms with Gasteiger partial charge >= 0.3 is 0 Å². The molecule has 3 nitrogen and oxygen atoms in total. The summed E-state index contributed by atoms with van der Waals surface area (Å²) in [5.41, 5.74) is 7.82. The quantitative estimate of drug-likeness (QED) is 0.844. The van der Waals surface area contributed by atoms with Crippen molar-refractivity contribution in [2.75, 3.05) is 17.6 Å². The van der Waals surface area contributed by atoms with Gasteiger partial charge in [-0.25, -0.2) is 4.98 Å². The molecule has 0 amide bonds. The van der Waals surface area contributed by atoms with Gasteiger partial charge in [0.2, 0.25) is 0 Å². The van der Waals surface area contributed by atoms with Crippen molar-refractivity contribution in [2.45, 2.75) is 12.8 Å². The maximum atomic E-state index is 5.82. The minimum absolute atomic E-state index is 0.428. The van der Waals surface area contributed by atoms with E-state index in [0.717, 1.165) is 12.4 Å². The summed E-state index contributed by atoms with van der Waals surface area (Å²) in [5.74, 6) is 1.19. The molecule has 0 saturated carbocycles. The van der Waals surface area contributed by atoms with Crippen LogP contribution in [0.25, 0.3) is 0 Å². The van der Waals surface area contributed by atoms with Crippen LogP contribution in [0, 0.1) is 0 Å². The minimum Gasteiger partial charge on any atom is -0.396 e. The highest BCUT2D eigenvalue weighted by molar-refractivity contribution is 5.60. The standard InChI is InChI=1S/C14H17N3/c1-11(12-6-3-2-4-7-12)10-17-14-13(15)8-5-9-16-14/h2-9,11H,10,15H2,1H3,(H,16,17). The van der Waals surface area contributed by atoms with Gasteiger partial charge in [-0.05, 0) is 23.6 Å². The van der Waals surface area contributed by atoms with Gasteiger partial charge in [0, 0.05) is 12.7 Å². The zero-order valence-electron chi connectivity index (χ0n) is 9.93. The van der Waals surface area contributed by atoms with Crippen LogP contribution in [0.1, 0.15) is 18.4 Å². The van der Waals surface area contributed by atoms with E-state index in [1.54, 1.807) is 6.20 Å². The Bertz CT molecular complexity index is 468. The number of benzene rings is 1. The fraction of sp³-hybridized carbons (Fsp3) is 0.214. The summed E-state index contributed by atoms with van der Waals surface area (Å²) in [4.78, 5) is 4.21. The SMILES string of the molecule is CC(CNc1ncccc1N)c1ccccc1. The number of hydrogen-bond donors (Lipinski definition) is 2. The molecule has 3 N–H and O–H groups in total. The topological polar surface area (TPSA) is 50.9 Å². The molecule has 1 aromatic heterocycles. The second-order valence-corrected chi connectivity index (χ2v) is 4.13. The molecule has 1 aromatic carbocycles. The normalized spacial score (nSPS) is 12.1. The summed E-state index contributed by atoms with van der Waals surface area (Å²) in [6.07, 6.45) is 1.74. The van der Waals surface area contributed by atoms with Crippen molar-refractivity contribution in [3.8, 4) is 0 Å². The first-order chi connectivity index (χ1) is 8.27. The summed E-state index contributed by atoms with van der Waals surface area (Å²) in [6.45, 7) is 3.01. The van der Waals surface area contributed by atoms with Crippen molar-refractivity contribution in [1.82, 2.24) is 4.98 Å². The van der Waals surface area contributed by atoms with E-state index in [9.17, 15) is 0 Å². The van der Waals surface area contributed by atoms with Crippen molar-refractivity contribution in [3.05, 3.63) is 54.2 Å². The van der Waals surface area contributed by atoms with Crippen LogP contribution in [-0.4, -0.2) is 11.5 Å². The Kier molecular flexibility index (Phi) is 3.60. The molecule has 0 spiro atoms. The van der Waals surface area contributed by atoms with Gasteiger partial charge in [0.25, 0.3) is 0 Å². The molecular formula is C14H17N3. The molecule has 0 saturated heterocycles. The number of nitrogens with one attached hydrogen (secondary N) is 1. The first kappa shape index (κ1) is 11.5. The maximum absolute atomic E-state index is 5.82. The van der Waals surface area contributed by atoms with Crippen molar-refractivity contribution in [1.29, 1.82) is 0 Å². The average molecular weight is 227 g/mol. The van der Waals surface area contributed by atoms with Gasteiger partial charge in [0.05, 0.1) is 5.69 Å². The van der Waals surface area contributed by atoms with Crippen LogP contribution in [0.4, 0.5) is 11.5 Å². The molecular weight excluding hydrogens is 210 g/mol. The van der Waals surface area contributed by atoms with Crippen LogP contribution in [0.15, 0.2) is 48.7 Å². The number of anilines is 2. The first-order valence-electron chi connectivity index (χ1n) is 5.76. The maximum Gasteiger partial charge on any atom is 0.149 e. The van der Waals surface area contributed by atoms with Gasteiger partial charge in [-0.15, -0.1) is 0 Å². The molecule has 0 radical (unpaired) electrons. The van der Waals surface area contributed by atoms with Crippen LogP contribution in [-0.2, 0) is 0 Å². The third-order valence-corrected chi connectivity index (χ3v) is 2.78. The predicted octanol–water partition coefficient (Wildman–Crippen LogP) is 2.88. The zero-order valence-corrected chi connectivity index (χ0v) is 9.93. The largest absolute Gasteiger partial charge is 0.396 e. The average Bonchev–Trinajstić information content (AvgIpc) is 2.38. The number of pyridine rings is 1. The Morgan fingerprint density at radius 2 is 1.94 bits per heavy atom. The second-order valence-electron chi connectivity index (χ2n) is 4.13. The fourth-order valence-corrected chi connectivity index (χ4v) is 1.71. The molecule has 0 aliphatic carbocycles. The third kappa shape index (κ3) is 2.97. The van der Waals surface area contributed by atoms with Gasteiger partial charge in [-0.2, -0.15) is 0 Å². The molecule has 1 atom stereocenters. The van der Waals surface area contributed by atoms with Gasteiger partial charge in [-0.3, -0.25) is 0 Å². The van der Waals surface area contributed by atoms with E-state index in [-0.39, 0.29) is 0 Å². The molecule has 2 aromatic rings. The molecule has 17 heavy (non-hydrogen) atoms. The van der Waals surface area contributed by atoms with E-state index in [0.29, 0.717) is 11.6 Å². The van der Waals surface area contributed by atoms with E-state index in [4.69, 9.17) is 5.73 Å². The lowest BCUT2D eigenvalue weighted by Crippen LogP contribution is -2.12. The predicted molar refractivity (Wildman–Crippen MR) is 72.0 cm³/mol. The highest BCUT2D eigenvalue weighted by Crippen LogP contribution is 2.18. The van der Waals surface area contributed by atoms with E-state index in [1.165, 1.54) is 5.56 Å². The summed E-state index contributed by atoms with van der Waals surface area (Å²) in [5, 5.41) is 3.28. The molecule has 0 aliphatic heterocycles. The van der Waals surface area contributed by atoms with E-state index in [2.05, 4.69) is 41.5 Å². The number of hydrogen-bond acceptors (Lipinski definition) is 3. The van der Waals surface area contributed by atoms with Gasteiger partial charge in [0.1, 0.15) is 5.82 Å². The minimum atomic E-state index is 0.428. The molecule has 1 heterocycles.